The predicted octanol–water partition coefficient (Wildman–Crippen LogP) is 2.44. The standard InChI is InChI=1S/C14H21BrN2O3S/c1-4-5-8-16-14(18)10-17(21(3,19)20)13-7-6-12(15)9-11(13)2/h6-7,9H,4-5,8,10H2,1-3H3,(H,16,18). The van der Waals surface area contributed by atoms with Crippen molar-refractivity contribution in [3.05, 3.63) is 28.2 Å². The Bertz CT molecular complexity index is 602. The summed E-state index contributed by atoms with van der Waals surface area (Å²) in [6.45, 7) is 4.20. The number of anilines is 1. The van der Waals surface area contributed by atoms with E-state index in [0.717, 1.165) is 33.4 Å². The van der Waals surface area contributed by atoms with Crippen LogP contribution in [0.3, 0.4) is 0 Å². The van der Waals surface area contributed by atoms with Crippen molar-refractivity contribution in [2.75, 3.05) is 23.7 Å². The van der Waals surface area contributed by atoms with Gasteiger partial charge < -0.3 is 5.32 Å². The first kappa shape index (κ1) is 18.0. The molecule has 0 aliphatic carbocycles. The summed E-state index contributed by atoms with van der Waals surface area (Å²) in [4.78, 5) is 11.9. The summed E-state index contributed by atoms with van der Waals surface area (Å²) >= 11 is 3.34. The second kappa shape index (κ2) is 7.79. The molecule has 0 spiro atoms. The monoisotopic (exact) mass is 376 g/mol. The summed E-state index contributed by atoms with van der Waals surface area (Å²) in [6, 6.07) is 5.28. The number of halogens is 1. The molecule has 0 aliphatic heterocycles. The van der Waals surface area contributed by atoms with Crippen molar-refractivity contribution in [1.82, 2.24) is 5.32 Å². The minimum Gasteiger partial charge on any atom is -0.355 e. The number of unbranched alkanes of at least 4 members (excludes halogenated alkanes) is 1. The Balaban J connectivity index is 2.95. The van der Waals surface area contributed by atoms with Gasteiger partial charge in [-0.05, 0) is 37.1 Å². The molecule has 0 heterocycles. The number of sulfonamides is 1. The first-order valence-corrected chi connectivity index (χ1v) is 9.40. The van der Waals surface area contributed by atoms with Gasteiger partial charge in [0.15, 0.2) is 0 Å². The quantitative estimate of drug-likeness (QED) is 0.743. The zero-order valence-corrected chi connectivity index (χ0v) is 14.9. The topological polar surface area (TPSA) is 66.5 Å². The molecule has 1 aromatic carbocycles. The summed E-state index contributed by atoms with van der Waals surface area (Å²) in [5.74, 6) is -0.295. The van der Waals surface area contributed by atoms with Crippen molar-refractivity contribution >= 4 is 37.5 Å². The third kappa shape index (κ3) is 5.67. The fourth-order valence-corrected chi connectivity index (χ4v) is 3.26. The van der Waals surface area contributed by atoms with Crippen LogP contribution in [0.5, 0.6) is 0 Å². The normalized spacial score (nSPS) is 11.2. The SMILES string of the molecule is CCCCNC(=O)CN(c1ccc(Br)cc1C)S(C)(=O)=O. The Morgan fingerprint density at radius 3 is 2.57 bits per heavy atom. The molecule has 0 atom stereocenters. The van der Waals surface area contributed by atoms with E-state index >= 15 is 0 Å². The van der Waals surface area contributed by atoms with Gasteiger partial charge in [0.2, 0.25) is 15.9 Å². The van der Waals surface area contributed by atoms with Gasteiger partial charge in [0, 0.05) is 11.0 Å². The number of hydrogen-bond acceptors (Lipinski definition) is 3. The van der Waals surface area contributed by atoms with Gasteiger partial charge in [-0.15, -0.1) is 0 Å². The zero-order valence-electron chi connectivity index (χ0n) is 12.5. The van der Waals surface area contributed by atoms with Crippen LogP contribution >= 0.6 is 15.9 Å². The minimum absolute atomic E-state index is 0.203. The molecule has 0 aromatic heterocycles. The highest BCUT2D eigenvalue weighted by Gasteiger charge is 2.22. The lowest BCUT2D eigenvalue weighted by Gasteiger charge is -2.23. The van der Waals surface area contributed by atoms with E-state index in [1.54, 1.807) is 12.1 Å². The molecule has 1 aromatic rings. The van der Waals surface area contributed by atoms with Crippen LogP contribution in [-0.2, 0) is 14.8 Å². The molecule has 118 valence electrons. The van der Waals surface area contributed by atoms with Crippen molar-refractivity contribution in [2.45, 2.75) is 26.7 Å². The number of nitrogens with zero attached hydrogens (tertiary/aromatic N) is 1. The zero-order chi connectivity index (χ0) is 16.0. The van der Waals surface area contributed by atoms with Gasteiger partial charge in [0.1, 0.15) is 6.54 Å². The Morgan fingerprint density at radius 1 is 1.38 bits per heavy atom. The number of benzene rings is 1. The van der Waals surface area contributed by atoms with Crippen molar-refractivity contribution < 1.29 is 13.2 Å². The highest BCUT2D eigenvalue weighted by atomic mass is 79.9. The summed E-state index contributed by atoms with van der Waals surface area (Å²) in [7, 11) is -3.52. The van der Waals surface area contributed by atoms with Crippen LogP contribution in [0, 0.1) is 6.92 Å². The lowest BCUT2D eigenvalue weighted by atomic mass is 10.2. The molecular weight excluding hydrogens is 356 g/mol. The lowest BCUT2D eigenvalue weighted by molar-refractivity contribution is -0.119. The molecule has 5 nitrogen and oxygen atoms in total. The van der Waals surface area contributed by atoms with E-state index in [0.29, 0.717) is 12.2 Å². The molecule has 0 bridgehead atoms. The van der Waals surface area contributed by atoms with Gasteiger partial charge in [0.25, 0.3) is 0 Å². The number of aryl methyl sites for hydroxylation is 1. The highest BCUT2D eigenvalue weighted by Crippen LogP contribution is 2.25. The average Bonchev–Trinajstić information content (AvgIpc) is 2.36. The van der Waals surface area contributed by atoms with Crippen LogP contribution in [0.1, 0.15) is 25.3 Å². The van der Waals surface area contributed by atoms with E-state index in [1.807, 2.05) is 19.9 Å². The molecule has 1 N–H and O–H groups in total. The number of hydrogen-bond donors (Lipinski definition) is 1. The average molecular weight is 377 g/mol. The van der Waals surface area contributed by atoms with Crippen LogP contribution in [0.2, 0.25) is 0 Å². The van der Waals surface area contributed by atoms with Crippen molar-refractivity contribution in [3.63, 3.8) is 0 Å². The molecule has 21 heavy (non-hydrogen) atoms. The summed E-state index contributed by atoms with van der Waals surface area (Å²) < 4.78 is 25.9. The fourth-order valence-electron chi connectivity index (χ4n) is 1.87. The number of nitrogens with one attached hydrogen (secondary N) is 1. The van der Waals surface area contributed by atoms with E-state index in [2.05, 4.69) is 21.2 Å². The maximum absolute atomic E-state index is 12.0. The molecule has 1 rings (SSSR count). The molecular formula is C14H21BrN2O3S. The minimum atomic E-state index is -3.52. The summed E-state index contributed by atoms with van der Waals surface area (Å²) in [6.07, 6.45) is 2.96. The van der Waals surface area contributed by atoms with E-state index in [9.17, 15) is 13.2 Å². The molecule has 1 amide bonds. The van der Waals surface area contributed by atoms with Crippen LogP contribution in [0.4, 0.5) is 5.69 Å². The summed E-state index contributed by atoms with van der Waals surface area (Å²) in [5.41, 5.74) is 1.31. The molecule has 7 heteroatoms. The Hall–Kier alpha value is -1.08. The van der Waals surface area contributed by atoms with Gasteiger partial charge in [-0.25, -0.2) is 8.42 Å². The van der Waals surface area contributed by atoms with Gasteiger partial charge in [-0.3, -0.25) is 9.10 Å². The smallest absolute Gasteiger partial charge is 0.240 e. The fraction of sp³-hybridized carbons (Fsp3) is 0.500. The second-order valence-electron chi connectivity index (χ2n) is 4.90. The van der Waals surface area contributed by atoms with Gasteiger partial charge in [0.05, 0.1) is 11.9 Å². The third-order valence-electron chi connectivity index (χ3n) is 2.97. The number of amides is 1. The van der Waals surface area contributed by atoms with E-state index in [-0.39, 0.29) is 12.5 Å². The Labute approximate surface area is 134 Å². The van der Waals surface area contributed by atoms with Gasteiger partial charge in [-0.1, -0.05) is 29.3 Å². The maximum atomic E-state index is 12.0. The van der Waals surface area contributed by atoms with E-state index in [4.69, 9.17) is 0 Å². The first-order chi connectivity index (χ1) is 9.75. The molecule has 0 radical (unpaired) electrons. The van der Waals surface area contributed by atoms with Gasteiger partial charge >= 0.3 is 0 Å². The predicted molar refractivity (Wildman–Crippen MR) is 89.0 cm³/mol. The highest BCUT2D eigenvalue weighted by molar-refractivity contribution is 9.10. The van der Waals surface area contributed by atoms with Crippen LogP contribution < -0.4 is 9.62 Å². The van der Waals surface area contributed by atoms with Crippen molar-refractivity contribution in [3.8, 4) is 0 Å². The maximum Gasteiger partial charge on any atom is 0.240 e. The largest absolute Gasteiger partial charge is 0.355 e. The van der Waals surface area contributed by atoms with E-state index < -0.39 is 10.0 Å². The molecule has 0 saturated heterocycles. The summed E-state index contributed by atoms with van der Waals surface area (Å²) in [5, 5.41) is 2.73. The molecule has 0 fully saturated rings. The molecule has 0 saturated carbocycles. The van der Waals surface area contributed by atoms with Gasteiger partial charge in [-0.2, -0.15) is 0 Å². The van der Waals surface area contributed by atoms with Crippen molar-refractivity contribution in [1.29, 1.82) is 0 Å². The van der Waals surface area contributed by atoms with Crippen LogP contribution in [0.25, 0.3) is 0 Å². The molecule has 0 aliphatic rings. The van der Waals surface area contributed by atoms with Crippen LogP contribution in [0.15, 0.2) is 22.7 Å². The number of carbonyl (C=O) groups excluding carboxylic acids is 1. The Kier molecular flexibility index (Phi) is 6.67. The number of rotatable bonds is 7. The van der Waals surface area contributed by atoms with Crippen molar-refractivity contribution in [2.24, 2.45) is 0 Å². The van der Waals surface area contributed by atoms with E-state index in [1.165, 1.54) is 0 Å². The van der Waals surface area contributed by atoms with Crippen LogP contribution in [-0.4, -0.2) is 33.7 Å². The number of carbonyl (C=O) groups is 1. The second-order valence-corrected chi connectivity index (χ2v) is 7.73. The molecule has 0 unspecified atom stereocenters. The third-order valence-corrected chi connectivity index (χ3v) is 4.59. The lowest BCUT2D eigenvalue weighted by Crippen LogP contribution is -2.41. The Morgan fingerprint density at radius 2 is 2.05 bits per heavy atom. The first-order valence-electron chi connectivity index (χ1n) is 6.76.